The van der Waals surface area contributed by atoms with E-state index in [0.29, 0.717) is 29.3 Å². The summed E-state index contributed by atoms with van der Waals surface area (Å²) < 4.78 is 0. The van der Waals surface area contributed by atoms with Crippen LogP contribution in [0.4, 0.5) is 11.5 Å². The van der Waals surface area contributed by atoms with Gasteiger partial charge in [-0.05, 0) is 53.5 Å². The van der Waals surface area contributed by atoms with E-state index in [0.717, 1.165) is 22.3 Å². The van der Waals surface area contributed by atoms with E-state index in [-0.39, 0.29) is 11.7 Å². The number of nitrogens with two attached hydrogens (primary N) is 1. The molecule has 0 saturated carbocycles. The van der Waals surface area contributed by atoms with Crippen molar-refractivity contribution >= 4 is 28.9 Å². The molecule has 36 heavy (non-hydrogen) atoms. The lowest BCUT2D eigenvalue weighted by molar-refractivity contribution is -0.111. The number of benzene rings is 3. The number of carbonyl (C=O) groups is 1. The highest BCUT2D eigenvalue weighted by Crippen LogP contribution is 2.25. The van der Waals surface area contributed by atoms with Crippen LogP contribution in [0.3, 0.4) is 0 Å². The summed E-state index contributed by atoms with van der Waals surface area (Å²) in [5.41, 5.74) is 11.9. The third-order valence-corrected chi connectivity index (χ3v) is 5.42. The number of amides is 1. The van der Waals surface area contributed by atoms with Crippen LogP contribution in [0.15, 0.2) is 116 Å². The zero-order chi connectivity index (χ0) is 25.3. The maximum Gasteiger partial charge on any atom is 0.247 e. The summed E-state index contributed by atoms with van der Waals surface area (Å²) in [6.07, 6.45) is 3.51. The van der Waals surface area contributed by atoms with Gasteiger partial charge in [-0.3, -0.25) is 10.2 Å². The molecule has 1 heterocycles. The Kier molecular flexibility index (Phi) is 7.68. The predicted molar refractivity (Wildman–Crippen MR) is 148 cm³/mol. The average Bonchev–Trinajstić information content (AvgIpc) is 2.89. The maximum absolute atomic E-state index is 11.8. The van der Waals surface area contributed by atoms with Gasteiger partial charge in [-0.1, -0.05) is 79.4 Å². The quantitative estimate of drug-likeness (QED) is 0.146. The van der Waals surface area contributed by atoms with Gasteiger partial charge in [-0.15, -0.1) is 0 Å². The first-order valence-electron chi connectivity index (χ1n) is 11.5. The number of carbonyl (C=O) groups excluding carboxylic acids is 1. The lowest BCUT2D eigenvalue weighted by Gasteiger charge is -2.12. The summed E-state index contributed by atoms with van der Waals surface area (Å²) in [6, 6.07) is 31.1. The largest absolute Gasteiger partial charge is 0.398 e. The molecule has 3 aromatic carbocycles. The second kappa shape index (κ2) is 11.4. The number of nitrogens with zero attached hydrogens (tertiary/aromatic N) is 1. The predicted octanol–water partition coefficient (Wildman–Crippen LogP) is 5.85. The average molecular weight is 474 g/mol. The van der Waals surface area contributed by atoms with Crippen molar-refractivity contribution in [1.82, 2.24) is 4.98 Å². The Morgan fingerprint density at radius 1 is 0.889 bits per heavy atom. The highest BCUT2D eigenvalue weighted by atomic mass is 16.1. The van der Waals surface area contributed by atoms with E-state index in [2.05, 4.69) is 29.3 Å². The van der Waals surface area contributed by atoms with Crippen LogP contribution in [0.25, 0.3) is 17.0 Å². The van der Waals surface area contributed by atoms with Gasteiger partial charge in [-0.25, -0.2) is 4.98 Å². The minimum Gasteiger partial charge on any atom is -0.398 e. The summed E-state index contributed by atoms with van der Waals surface area (Å²) in [6.45, 7) is 3.50. The number of pyridine rings is 1. The highest BCUT2D eigenvalue weighted by molar-refractivity contribution is 6.05. The Labute approximate surface area is 210 Å². The van der Waals surface area contributed by atoms with E-state index in [1.807, 2.05) is 84.9 Å². The monoisotopic (exact) mass is 473 g/mol. The summed E-state index contributed by atoms with van der Waals surface area (Å²) in [7, 11) is 0. The number of rotatable bonds is 8. The second-order valence-corrected chi connectivity index (χ2v) is 8.19. The zero-order valence-electron chi connectivity index (χ0n) is 19.7. The highest BCUT2D eigenvalue weighted by Gasteiger charge is 2.09. The second-order valence-electron chi connectivity index (χ2n) is 8.19. The van der Waals surface area contributed by atoms with Gasteiger partial charge >= 0.3 is 0 Å². The number of amidine groups is 1. The van der Waals surface area contributed by atoms with E-state index in [9.17, 15) is 4.79 Å². The van der Waals surface area contributed by atoms with Crippen molar-refractivity contribution in [3.63, 3.8) is 0 Å². The van der Waals surface area contributed by atoms with Crippen LogP contribution >= 0.6 is 0 Å². The van der Waals surface area contributed by atoms with Crippen LogP contribution in [0.1, 0.15) is 16.7 Å². The van der Waals surface area contributed by atoms with Crippen molar-refractivity contribution in [3.8, 4) is 11.3 Å². The number of anilines is 2. The molecule has 1 amide bonds. The van der Waals surface area contributed by atoms with Gasteiger partial charge in [0, 0.05) is 23.0 Å². The lowest BCUT2D eigenvalue weighted by atomic mass is 10.0. The van der Waals surface area contributed by atoms with Crippen molar-refractivity contribution in [2.75, 3.05) is 10.6 Å². The molecular weight excluding hydrogens is 446 g/mol. The van der Waals surface area contributed by atoms with Gasteiger partial charge in [0.1, 0.15) is 11.7 Å². The Hall–Kier alpha value is -4.97. The minimum absolute atomic E-state index is 0.124. The molecule has 4 aromatic rings. The number of nitrogens with one attached hydrogen (secondary N) is 3. The summed E-state index contributed by atoms with van der Waals surface area (Å²) in [5.74, 6) is 0.372. The minimum atomic E-state index is -0.281. The molecule has 1 aromatic heterocycles. The molecule has 0 aliphatic rings. The summed E-state index contributed by atoms with van der Waals surface area (Å²) in [5, 5.41) is 14.3. The van der Waals surface area contributed by atoms with Crippen molar-refractivity contribution < 1.29 is 4.79 Å². The van der Waals surface area contributed by atoms with E-state index in [1.54, 1.807) is 6.08 Å². The number of hydrogen-bond acceptors (Lipinski definition) is 4. The molecule has 0 unspecified atom stereocenters. The molecule has 0 bridgehead atoms. The third-order valence-electron chi connectivity index (χ3n) is 5.42. The molecule has 0 aliphatic carbocycles. The fourth-order valence-electron chi connectivity index (χ4n) is 3.73. The number of aromatic nitrogens is 1. The van der Waals surface area contributed by atoms with Gasteiger partial charge in [0.15, 0.2) is 0 Å². The molecule has 0 radical (unpaired) electrons. The zero-order valence-corrected chi connectivity index (χ0v) is 19.7. The van der Waals surface area contributed by atoms with E-state index < -0.39 is 0 Å². The molecule has 0 spiro atoms. The SMILES string of the molecule is C=CC(=O)Nc1cccc(-c2cc(Cc3ccccc3)cc(NC(=N)/C=C(\N)c3ccccc3)n2)c1. The molecule has 0 atom stereocenters. The standard InChI is InChI=1S/C30H27N5O/c1-2-30(36)33-25-15-9-14-24(19-25)27-17-22(16-21-10-5-3-6-11-21)18-29(34-27)35-28(32)20-26(31)23-12-7-4-8-13-23/h2-15,17-20H,1,16,31H2,(H,33,36)(H2,32,34,35)/b26-20-. The van der Waals surface area contributed by atoms with Crippen LogP contribution in [-0.4, -0.2) is 16.7 Å². The summed E-state index contributed by atoms with van der Waals surface area (Å²) >= 11 is 0. The molecule has 0 saturated heterocycles. The van der Waals surface area contributed by atoms with Gasteiger partial charge in [0.25, 0.3) is 0 Å². The van der Waals surface area contributed by atoms with Crippen molar-refractivity contribution in [1.29, 1.82) is 5.41 Å². The van der Waals surface area contributed by atoms with Crippen LogP contribution in [0.5, 0.6) is 0 Å². The molecule has 178 valence electrons. The van der Waals surface area contributed by atoms with Gasteiger partial charge in [-0.2, -0.15) is 0 Å². The first-order chi connectivity index (χ1) is 17.5. The summed E-state index contributed by atoms with van der Waals surface area (Å²) in [4.78, 5) is 16.5. The first-order valence-corrected chi connectivity index (χ1v) is 11.5. The molecule has 5 N–H and O–H groups in total. The Morgan fingerprint density at radius 3 is 2.33 bits per heavy atom. The van der Waals surface area contributed by atoms with Gasteiger partial charge in [0.05, 0.1) is 5.69 Å². The van der Waals surface area contributed by atoms with Gasteiger partial charge < -0.3 is 16.4 Å². The topological polar surface area (TPSA) is 104 Å². The molecule has 6 heteroatoms. The Bertz CT molecular complexity index is 1410. The van der Waals surface area contributed by atoms with E-state index >= 15 is 0 Å². The van der Waals surface area contributed by atoms with E-state index in [4.69, 9.17) is 16.1 Å². The fraction of sp³-hybridized carbons (Fsp3) is 0.0333. The van der Waals surface area contributed by atoms with Gasteiger partial charge in [0.2, 0.25) is 5.91 Å². The molecular formula is C30H27N5O. The van der Waals surface area contributed by atoms with Crippen molar-refractivity contribution in [3.05, 3.63) is 132 Å². The molecule has 0 aliphatic heterocycles. The Balaban J connectivity index is 1.66. The lowest BCUT2D eigenvalue weighted by Crippen LogP contribution is -2.12. The van der Waals surface area contributed by atoms with Crippen molar-refractivity contribution in [2.45, 2.75) is 6.42 Å². The maximum atomic E-state index is 11.8. The smallest absolute Gasteiger partial charge is 0.247 e. The molecule has 6 nitrogen and oxygen atoms in total. The van der Waals surface area contributed by atoms with Crippen LogP contribution < -0.4 is 16.4 Å². The van der Waals surface area contributed by atoms with Crippen molar-refractivity contribution in [2.24, 2.45) is 5.73 Å². The van der Waals surface area contributed by atoms with Crippen LogP contribution in [0, 0.1) is 5.41 Å². The molecule has 0 fully saturated rings. The van der Waals surface area contributed by atoms with E-state index in [1.165, 1.54) is 6.08 Å². The normalized spacial score (nSPS) is 10.9. The van der Waals surface area contributed by atoms with Crippen LogP contribution in [-0.2, 0) is 11.2 Å². The first kappa shape index (κ1) is 24.2. The third kappa shape index (κ3) is 6.55. The van der Waals surface area contributed by atoms with Crippen LogP contribution in [0.2, 0.25) is 0 Å². The molecule has 4 rings (SSSR count). The fourth-order valence-corrected chi connectivity index (χ4v) is 3.73. The number of hydrogen-bond donors (Lipinski definition) is 4. The Morgan fingerprint density at radius 2 is 1.61 bits per heavy atom.